The molecular formula is C13H17NO. The maximum Gasteiger partial charge on any atom is 0.120 e. The summed E-state index contributed by atoms with van der Waals surface area (Å²) in [7, 11) is 0. The quantitative estimate of drug-likeness (QED) is 0.581. The Morgan fingerprint density at radius 1 is 1.53 bits per heavy atom. The van der Waals surface area contributed by atoms with Crippen molar-refractivity contribution < 1.29 is 5.11 Å². The zero-order chi connectivity index (χ0) is 11.3. The van der Waals surface area contributed by atoms with E-state index < -0.39 is 0 Å². The Hall–Kier alpha value is -1.46. The number of hydrogen-bond donors (Lipinski definition) is 2. The van der Waals surface area contributed by atoms with Gasteiger partial charge in [-0.3, -0.25) is 0 Å². The zero-order valence-electron chi connectivity index (χ0n) is 9.25. The predicted octanol–water partition coefficient (Wildman–Crippen LogP) is 2.37. The summed E-state index contributed by atoms with van der Waals surface area (Å²) < 4.78 is 0. The van der Waals surface area contributed by atoms with Crippen molar-refractivity contribution in [3.63, 3.8) is 0 Å². The van der Waals surface area contributed by atoms with Gasteiger partial charge in [0.1, 0.15) is 5.75 Å². The normalized spacial score (nSPS) is 12.1. The Morgan fingerprint density at radius 2 is 2.27 bits per heavy atom. The maximum absolute atomic E-state index is 9.68. The van der Waals surface area contributed by atoms with E-state index in [0.29, 0.717) is 12.2 Å². The van der Waals surface area contributed by atoms with Crippen LogP contribution in [-0.4, -0.2) is 11.7 Å². The average Bonchev–Trinajstić information content (AvgIpc) is 2.22. The lowest BCUT2D eigenvalue weighted by molar-refractivity contribution is 0.453. The lowest BCUT2D eigenvalue weighted by Crippen LogP contribution is -2.19. The van der Waals surface area contributed by atoms with E-state index >= 15 is 0 Å². The third kappa shape index (κ3) is 3.30. The van der Waals surface area contributed by atoms with Gasteiger partial charge >= 0.3 is 0 Å². The van der Waals surface area contributed by atoms with Crippen LogP contribution in [0.25, 0.3) is 0 Å². The van der Waals surface area contributed by atoms with E-state index in [9.17, 15) is 5.11 Å². The van der Waals surface area contributed by atoms with Crippen molar-refractivity contribution in [3.05, 3.63) is 29.3 Å². The number of terminal acetylenes is 1. The van der Waals surface area contributed by atoms with Gasteiger partial charge in [0.15, 0.2) is 0 Å². The van der Waals surface area contributed by atoms with E-state index in [1.54, 1.807) is 6.07 Å². The molecule has 0 heterocycles. The van der Waals surface area contributed by atoms with E-state index in [2.05, 4.69) is 11.2 Å². The summed E-state index contributed by atoms with van der Waals surface area (Å²) in [6.07, 6.45) is 5.87. The lowest BCUT2D eigenvalue weighted by atomic mass is 10.0. The van der Waals surface area contributed by atoms with Crippen LogP contribution in [0.5, 0.6) is 5.75 Å². The van der Waals surface area contributed by atoms with Crippen LogP contribution < -0.4 is 5.32 Å². The van der Waals surface area contributed by atoms with Gasteiger partial charge in [-0.05, 0) is 19.9 Å². The fraction of sp³-hybridized carbons (Fsp3) is 0.385. The molecule has 1 atom stereocenters. The minimum atomic E-state index is 0.123. The number of phenols is 1. The molecule has 2 N–H and O–H groups in total. The highest BCUT2D eigenvalue weighted by molar-refractivity contribution is 5.37. The van der Waals surface area contributed by atoms with Gasteiger partial charge in [-0.15, -0.1) is 12.3 Å². The molecule has 1 aromatic rings. The smallest absolute Gasteiger partial charge is 0.120 e. The number of phenolic OH excluding ortho intramolecular Hbond substituents is 1. The second-order valence-electron chi connectivity index (χ2n) is 3.69. The molecule has 15 heavy (non-hydrogen) atoms. The molecule has 0 aromatic heterocycles. The van der Waals surface area contributed by atoms with Gasteiger partial charge in [0.2, 0.25) is 0 Å². The fourth-order valence-corrected chi connectivity index (χ4v) is 1.49. The third-order valence-electron chi connectivity index (χ3n) is 2.37. The second kappa shape index (κ2) is 5.43. The standard InChI is InChI=1S/C13H17NO/c1-4-5-8-14-11(3)12-9-10(2)6-7-13(12)15/h1,6-7,9,11,14-15H,5,8H2,2-3H3. The Morgan fingerprint density at radius 3 is 2.93 bits per heavy atom. The van der Waals surface area contributed by atoms with Crippen LogP contribution in [0.2, 0.25) is 0 Å². The first-order chi connectivity index (χ1) is 7.15. The molecular weight excluding hydrogens is 186 g/mol. The first-order valence-electron chi connectivity index (χ1n) is 5.11. The highest BCUT2D eigenvalue weighted by atomic mass is 16.3. The Kier molecular flexibility index (Phi) is 4.20. The van der Waals surface area contributed by atoms with Gasteiger partial charge in [-0.1, -0.05) is 17.7 Å². The van der Waals surface area contributed by atoms with Crippen molar-refractivity contribution in [1.29, 1.82) is 0 Å². The van der Waals surface area contributed by atoms with Gasteiger partial charge in [0.05, 0.1) is 0 Å². The van der Waals surface area contributed by atoms with Gasteiger partial charge in [-0.25, -0.2) is 0 Å². The number of aryl methyl sites for hydroxylation is 1. The van der Waals surface area contributed by atoms with Crippen LogP contribution in [0, 0.1) is 19.3 Å². The van der Waals surface area contributed by atoms with E-state index in [4.69, 9.17) is 6.42 Å². The molecule has 1 aromatic carbocycles. The van der Waals surface area contributed by atoms with Crippen LogP contribution in [0.1, 0.15) is 30.5 Å². The van der Waals surface area contributed by atoms with Crippen LogP contribution in [-0.2, 0) is 0 Å². The van der Waals surface area contributed by atoms with E-state index in [1.165, 1.54) is 0 Å². The Bertz CT molecular complexity index is 365. The van der Waals surface area contributed by atoms with Gasteiger partial charge in [0.25, 0.3) is 0 Å². The molecule has 0 radical (unpaired) electrons. The molecule has 0 amide bonds. The van der Waals surface area contributed by atoms with Crippen LogP contribution in [0.4, 0.5) is 0 Å². The predicted molar refractivity (Wildman–Crippen MR) is 62.7 cm³/mol. The van der Waals surface area contributed by atoms with Crippen molar-refractivity contribution in [2.24, 2.45) is 0 Å². The van der Waals surface area contributed by atoms with Crippen molar-refractivity contribution in [2.45, 2.75) is 26.3 Å². The minimum Gasteiger partial charge on any atom is -0.508 e. The molecule has 0 aliphatic carbocycles. The molecule has 1 unspecified atom stereocenters. The molecule has 0 saturated heterocycles. The lowest BCUT2D eigenvalue weighted by Gasteiger charge is -2.15. The van der Waals surface area contributed by atoms with E-state index in [1.807, 2.05) is 26.0 Å². The second-order valence-corrected chi connectivity index (χ2v) is 3.69. The third-order valence-corrected chi connectivity index (χ3v) is 2.37. The maximum atomic E-state index is 9.68. The minimum absolute atomic E-state index is 0.123. The first kappa shape index (κ1) is 11.6. The first-order valence-corrected chi connectivity index (χ1v) is 5.11. The number of aromatic hydroxyl groups is 1. The topological polar surface area (TPSA) is 32.3 Å². The van der Waals surface area contributed by atoms with Crippen LogP contribution in [0.3, 0.4) is 0 Å². The van der Waals surface area contributed by atoms with Crippen LogP contribution >= 0.6 is 0 Å². The van der Waals surface area contributed by atoms with E-state index in [0.717, 1.165) is 17.7 Å². The summed E-state index contributed by atoms with van der Waals surface area (Å²) in [5, 5.41) is 12.9. The molecule has 0 bridgehead atoms. The summed E-state index contributed by atoms with van der Waals surface area (Å²) in [4.78, 5) is 0. The molecule has 0 saturated carbocycles. The highest BCUT2D eigenvalue weighted by Gasteiger charge is 2.08. The SMILES string of the molecule is C#CCCNC(C)c1cc(C)ccc1O. The monoisotopic (exact) mass is 203 g/mol. The largest absolute Gasteiger partial charge is 0.508 e. The zero-order valence-corrected chi connectivity index (χ0v) is 9.25. The van der Waals surface area contributed by atoms with Crippen molar-refractivity contribution in [3.8, 4) is 18.1 Å². The van der Waals surface area contributed by atoms with Crippen molar-refractivity contribution in [1.82, 2.24) is 5.32 Å². The summed E-state index contributed by atoms with van der Waals surface area (Å²) in [5.74, 6) is 2.91. The summed E-state index contributed by atoms with van der Waals surface area (Å²) in [5.41, 5.74) is 2.07. The number of rotatable bonds is 4. The summed E-state index contributed by atoms with van der Waals surface area (Å²) >= 11 is 0. The highest BCUT2D eigenvalue weighted by Crippen LogP contribution is 2.24. The van der Waals surface area contributed by atoms with Crippen molar-refractivity contribution >= 4 is 0 Å². The fourth-order valence-electron chi connectivity index (χ4n) is 1.49. The van der Waals surface area contributed by atoms with Gasteiger partial charge < -0.3 is 10.4 Å². The van der Waals surface area contributed by atoms with Crippen molar-refractivity contribution in [2.75, 3.05) is 6.54 Å². The molecule has 1 rings (SSSR count). The summed E-state index contributed by atoms with van der Waals surface area (Å²) in [6.45, 7) is 4.80. The molecule has 2 nitrogen and oxygen atoms in total. The molecule has 80 valence electrons. The average molecular weight is 203 g/mol. The molecule has 0 fully saturated rings. The molecule has 0 aliphatic rings. The molecule has 2 heteroatoms. The van der Waals surface area contributed by atoms with Crippen LogP contribution in [0.15, 0.2) is 18.2 Å². The Balaban J connectivity index is 2.69. The number of nitrogens with one attached hydrogen (secondary N) is 1. The molecule has 0 spiro atoms. The molecule has 0 aliphatic heterocycles. The number of benzene rings is 1. The Labute approximate surface area is 91.3 Å². The number of hydrogen-bond acceptors (Lipinski definition) is 2. The van der Waals surface area contributed by atoms with Gasteiger partial charge in [0, 0.05) is 24.6 Å². The van der Waals surface area contributed by atoms with E-state index in [-0.39, 0.29) is 6.04 Å². The summed E-state index contributed by atoms with van der Waals surface area (Å²) in [6, 6.07) is 5.73. The van der Waals surface area contributed by atoms with Gasteiger partial charge in [-0.2, -0.15) is 0 Å².